The Bertz CT molecular complexity index is 4260. The van der Waals surface area contributed by atoms with Gasteiger partial charge >= 0.3 is 0 Å². The van der Waals surface area contributed by atoms with Gasteiger partial charge in [-0.25, -0.2) is 4.98 Å². The van der Waals surface area contributed by atoms with Crippen LogP contribution in [0.15, 0.2) is 188 Å². The van der Waals surface area contributed by atoms with Crippen LogP contribution in [-0.4, -0.2) is 14.1 Å². The molecule has 0 aliphatic carbocycles. The first-order valence-corrected chi connectivity index (χ1v) is 24.4. The van der Waals surface area contributed by atoms with E-state index >= 15 is 0 Å². The standard InChI is InChI=1S/C67H60N4O.Pt/c1-44(2)45(3)57-41-64(68-42-59(57)48-30-32-49(33-31-48)66(4,5)6)71-60-37-34-50(67(7,8)9)38-58(60)56-36-35-53(40-63(56)71)72-52-25-18-24-51(39-52)69-43-70(62-29-17-16-28-61(62)69)65-54(46-20-12-10-13-21-46)26-19-27-55(65)47-22-14-11-15-23-47;/h10-38,41-42,44-45H,1-9H3;/q-2;/i10D,11D,12D,13D,14D,15D,20D,21D,22D,23D;. The van der Waals surface area contributed by atoms with E-state index in [1.54, 1.807) is 33.4 Å². The predicted octanol–water partition coefficient (Wildman–Crippen LogP) is 16.9. The van der Waals surface area contributed by atoms with E-state index in [9.17, 15) is 0 Å². The molecule has 0 aliphatic rings. The molecule has 5 nitrogen and oxygen atoms in total. The van der Waals surface area contributed by atoms with Crippen LogP contribution in [0, 0.1) is 24.4 Å². The molecule has 73 heavy (non-hydrogen) atoms. The Balaban J connectivity index is 0.00000769. The molecule has 8 aromatic carbocycles. The van der Waals surface area contributed by atoms with Crippen LogP contribution in [0.2, 0.25) is 0 Å². The maximum atomic E-state index is 9.08. The number of imidazole rings is 1. The van der Waals surface area contributed by atoms with Crippen LogP contribution in [-0.2, 0) is 31.9 Å². The Morgan fingerprint density at radius 2 is 1.22 bits per heavy atom. The number of pyridine rings is 1. The molecular weight excluding hydrogens is 1070 g/mol. The van der Waals surface area contributed by atoms with Crippen LogP contribution in [0.5, 0.6) is 11.5 Å². The third kappa shape index (κ3) is 9.37. The summed E-state index contributed by atoms with van der Waals surface area (Å²) < 4.78 is 99.8. The van der Waals surface area contributed by atoms with Crippen LogP contribution in [0.25, 0.3) is 83.4 Å². The molecule has 11 rings (SSSR count). The van der Waals surface area contributed by atoms with Gasteiger partial charge in [0.15, 0.2) is 0 Å². The summed E-state index contributed by atoms with van der Waals surface area (Å²) in [6, 6.07) is 41.1. The molecule has 0 spiro atoms. The van der Waals surface area contributed by atoms with Crippen molar-refractivity contribution in [3.63, 3.8) is 0 Å². The summed E-state index contributed by atoms with van der Waals surface area (Å²) in [5.41, 5.74) is 9.34. The topological polar surface area (TPSA) is 35.9 Å². The smallest absolute Gasteiger partial charge is 0.268 e. The maximum Gasteiger partial charge on any atom is 0.268 e. The maximum absolute atomic E-state index is 9.08. The molecule has 0 bridgehead atoms. The molecule has 0 radical (unpaired) electrons. The summed E-state index contributed by atoms with van der Waals surface area (Å²) in [7, 11) is 0. The Hall–Kier alpha value is -7.33. The summed E-state index contributed by atoms with van der Waals surface area (Å²) in [6.45, 7) is 20.1. The number of hydrogen-bond acceptors (Lipinski definition) is 2. The average molecular weight is 1140 g/mol. The zero-order valence-corrected chi connectivity index (χ0v) is 44.6. The largest absolute Gasteiger partial charge is 0.510 e. The van der Waals surface area contributed by atoms with Gasteiger partial charge in [0.1, 0.15) is 5.82 Å². The van der Waals surface area contributed by atoms with Gasteiger partial charge in [-0.2, -0.15) is 18.2 Å². The van der Waals surface area contributed by atoms with Crippen molar-refractivity contribution in [2.45, 2.75) is 79.1 Å². The third-order valence-corrected chi connectivity index (χ3v) is 13.8. The van der Waals surface area contributed by atoms with Gasteiger partial charge in [0.05, 0.1) is 30.4 Å². The average Bonchev–Trinajstić information content (AvgIpc) is 2.19. The van der Waals surface area contributed by atoms with E-state index in [2.05, 4.69) is 140 Å². The van der Waals surface area contributed by atoms with Crippen molar-refractivity contribution in [3.05, 3.63) is 223 Å². The molecule has 11 aromatic rings. The first-order valence-electron chi connectivity index (χ1n) is 29.4. The van der Waals surface area contributed by atoms with Crippen molar-refractivity contribution in [2.24, 2.45) is 5.92 Å². The summed E-state index contributed by atoms with van der Waals surface area (Å²) in [5.74, 6) is 2.10. The second-order valence-corrected chi connectivity index (χ2v) is 20.9. The zero-order chi connectivity index (χ0) is 58.6. The number of ether oxygens (including phenoxy) is 1. The Kier molecular flexibility index (Phi) is 10.3. The summed E-state index contributed by atoms with van der Waals surface area (Å²) >= 11 is 0. The minimum Gasteiger partial charge on any atom is -0.510 e. The van der Waals surface area contributed by atoms with Crippen molar-refractivity contribution in [1.29, 1.82) is 0 Å². The van der Waals surface area contributed by atoms with Crippen LogP contribution in [0.4, 0.5) is 0 Å². The molecule has 3 heterocycles. The van der Waals surface area contributed by atoms with Crippen LogP contribution >= 0.6 is 0 Å². The van der Waals surface area contributed by atoms with E-state index in [-0.39, 0.29) is 65.8 Å². The van der Waals surface area contributed by atoms with Crippen molar-refractivity contribution < 1.29 is 44.1 Å². The number of benzene rings is 8. The van der Waals surface area contributed by atoms with Crippen molar-refractivity contribution in [2.75, 3.05) is 0 Å². The Morgan fingerprint density at radius 3 is 1.88 bits per heavy atom. The van der Waals surface area contributed by atoms with Crippen LogP contribution < -0.4 is 9.30 Å². The van der Waals surface area contributed by atoms with Crippen molar-refractivity contribution >= 4 is 32.8 Å². The predicted molar refractivity (Wildman–Crippen MR) is 297 cm³/mol. The van der Waals surface area contributed by atoms with Crippen LogP contribution in [0.3, 0.4) is 0 Å². The summed E-state index contributed by atoms with van der Waals surface area (Å²) in [5, 5.41) is 2.05. The molecule has 1 atom stereocenters. The molecule has 0 saturated carbocycles. The van der Waals surface area contributed by atoms with Gasteiger partial charge in [0.25, 0.3) is 6.33 Å². The van der Waals surface area contributed by atoms with E-state index in [0.717, 1.165) is 38.8 Å². The Labute approximate surface area is 459 Å². The van der Waals surface area contributed by atoms with Gasteiger partial charge in [-0.1, -0.05) is 207 Å². The second-order valence-electron chi connectivity index (χ2n) is 20.9. The summed E-state index contributed by atoms with van der Waals surface area (Å²) in [4.78, 5) is 5.24. The molecule has 0 amide bonds. The minimum atomic E-state index is -0.573. The number of para-hydroxylation sites is 3. The van der Waals surface area contributed by atoms with E-state index in [1.165, 1.54) is 16.7 Å². The Morgan fingerprint density at radius 1 is 0.589 bits per heavy atom. The van der Waals surface area contributed by atoms with Crippen molar-refractivity contribution in [1.82, 2.24) is 14.1 Å². The number of nitrogens with zero attached hydrogens (tertiary/aromatic N) is 4. The first kappa shape index (κ1) is 38.3. The van der Waals surface area contributed by atoms with Gasteiger partial charge in [-0.15, -0.1) is 29.7 Å². The fourth-order valence-corrected chi connectivity index (χ4v) is 9.50. The third-order valence-electron chi connectivity index (χ3n) is 13.8. The molecule has 3 aromatic heterocycles. The van der Waals surface area contributed by atoms with Gasteiger partial charge in [0, 0.05) is 49.8 Å². The van der Waals surface area contributed by atoms with Gasteiger partial charge in [-0.05, 0) is 90.4 Å². The molecule has 0 aliphatic heterocycles. The van der Waals surface area contributed by atoms with E-state index in [0.29, 0.717) is 34.1 Å². The molecular formula is C67H60N4OPt-2. The number of aromatic nitrogens is 4. The fraction of sp³-hybridized carbons (Fsp3) is 0.194. The fourth-order valence-electron chi connectivity index (χ4n) is 9.50. The minimum absolute atomic E-state index is 0. The van der Waals surface area contributed by atoms with E-state index in [1.807, 2.05) is 48.7 Å². The quantitative estimate of drug-likeness (QED) is 0.101. The second kappa shape index (κ2) is 19.6. The molecule has 0 saturated heterocycles. The molecule has 1 unspecified atom stereocenters. The molecule has 0 fully saturated rings. The molecule has 366 valence electrons. The number of fused-ring (bicyclic) bond motifs is 4. The van der Waals surface area contributed by atoms with Gasteiger partial charge in [-0.3, -0.25) is 4.57 Å². The van der Waals surface area contributed by atoms with Crippen LogP contribution in [0.1, 0.15) is 98.6 Å². The SMILES string of the molecule is [2H]c1c([2H])c([2H])c(-c2cccc(-c3c([2H])c([2H])c([2H])c([2H])c3[2H])c2-[n+]2[c-]n(-c3[c-]c(Oc4[c-]c5c(cc4)c4cc(C(C)(C)C)ccc4n5-c4cc(C(C)C(C)C)c(-c5ccc(C(C)(C)C)cc5)cn4)ccc3)c3ccccc32)c([2H])c1[2H].[Pt]. The first-order chi connectivity index (χ1) is 38.8. The van der Waals surface area contributed by atoms with E-state index < -0.39 is 60.4 Å². The summed E-state index contributed by atoms with van der Waals surface area (Å²) in [6.07, 6.45) is 5.44. The van der Waals surface area contributed by atoms with Gasteiger partial charge in [0.2, 0.25) is 0 Å². The van der Waals surface area contributed by atoms with Gasteiger partial charge < -0.3 is 13.9 Å². The molecule has 0 N–H and O–H groups in total. The number of rotatable bonds is 10. The zero-order valence-electron chi connectivity index (χ0n) is 52.3. The number of hydrogen-bond donors (Lipinski definition) is 0. The van der Waals surface area contributed by atoms with E-state index in [4.69, 9.17) is 23.4 Å². The molecule has 6 heteroatoms. The monoisotopic (exact) mass is 1140 g/mol. The normalized spacial score (nSPS) is 14.3. The van der Waals surface area contributed by atoms with Crippen molar-refractivity contribution in [3.8, 4) is 62.1 Å².